The second-order valence-electron chi connectivity index (χ2n) is 8.96. The molecule has 2 aliphatic rings. The number of aromatic nitrogens is 6. The number of fused-ring (bicyclic) bond motifs is 1. The van der Waals surface area contributed by atoms with E-state index in [1.807, 2.05) is 22.7 Å². The highest BCUT2D eigenvalue weighted by Gasteiger charge is 2.33. The molecule has 1 saturated heterocycles. The summed E-state index contributed by atoms with van der Waals surface area (Å²) in [5.41, 5.74) is -0.191. The minimum Gasteiger partial charge on any atom is -0.367 e. The summed E-state index contributed by atoms with van der Waals surface area (Å²) in [6, 6.07) is 2.85. The number of benzene rings is 1. The predicted octanol–water partition coefficient (Wildman–Crippen LogP) is 4.45. The Hall–Kier alpha value is -3.54. The minimum atomic E-state index is -4.65. The lowest BCUT2D eigenvalue weighted by Crippen LogP contribution is -2.43. The minimum absolute atomic E-state index is 0.0757. The predicted molar refractivity (Wildman–Crippen MR) is 117 cm³/mol. The Labute approximate surface area is 197 Å². The Morgan fingerprint density at radius 3 is 2.69 bits per heavy atom. The van der Waals surface area contributed by atoms with Crippen LogP contribution in [-0.4, -0.2) is 48.3 Å². The van der Waals surface area contributed by atoms with Gasteiger partial charge < -0.3 is 9.64 Å². The lowest BCUT2D eigenvalue weighted by atomic mass is 10.1. The molecule has 4 aromatic rings. The van der Waals surface area contributed by atoms with Crippen molar-refractivity contribution in [2.75, 3.05) is 18.0 Å². The van der Waals surface area contributed by atoms with E-state index in [0.717, 1.165) is 30.5 Å². The first-order valence-electron chi connectivity index (χ1n) is 11.3. The van der Waals surface area contributed by atoms with Crippen LogP contribution in [0.4, 0.5) is 23.5 Å². The van der Waals surface area contributed by atoms with E-state index < -0.39 is 17.6 Å². The van der Waals surface area contributed by atoms with Gasteiger partial charge in [-0.1, -0.05) is 0 Å². The quantitative estimate of drug-likeness (QED) is 0.396. The zero-order valence-electron chi connectivity index (χ0n) is 18.7. The van der Waals surface area contributed by atoms with Gasteiger partial charge in [0.15, 0.2) is 5.82 Å². The molecule has 0 bridgehead atoms. The lowest BCUT2D eigenvalue weighted by molar-refractivity contribution is -0.137. The molecule has 1 aliphatic heterocycles. The second kappa shape index (κ2) is 8.01. The largest absolute Gasteiger partial charge is 0.416 e. The number of rotatable bonds is 4. The topological polar surface area (TPSA) is 73.4 Å². The van der Waals surface area contributed by atoms with Crippen molar-refractivity contribution in [3.63, 3.8) is 0 Å². The van der Waals surface area contributed by atoms with Crippen LogP contribution in [0.15, 0.2) is 43.0 Å². The molecule has 0 N–H and O–H groups in total. The zero-order valence-corrected chi connectivity index (χ0v) is 18.7. The van der Waals surface area contributed by atoms with E-state index in [1.54, 1.807) is 12.4 Å². The number of imidazole rings is 1. The van der Waals surface area contributed by atoms with Gasteiger partial charge in [0.05, 0.1) is 36.0 Å². The van der Waals surface area contributed by atoms with Crippen molar-refractivity contribution in [1.82, 2.24) is 29.1 Å². The van der Waals surface area contributed by atoms with Gasteiger partial charge in [-0.2, -0.15) is 28.2 Å². The first-order valence-corrected chi connectivity index (χ1v) is 11.3. The molecule has 6 rings (SSSR count). The number of ether oxygens (including phenoxy) is 1. The van der Waals surface area contributed by atoms with Crippen LogP contribution in [0.2, 0.25) is 0 Å². The van der Waals surface area contributed by atoms with Crippen molar-refractivity contribution in [1.29, 1.82) is 0 Å². The molecular formula is C23H21F4N7O. The highest BCUT2D eigenvalue weighted by molar-refractivity contribution is 5.62. The average Bonchev–Trinajstić information content (AvgIpc) is 3.35. The number of alkyl halides is 3. The molecule has 0 radical (unpaired) electrons. The fraction of sp³-hybridized carbons (Fsp3) is 0.391. The van der Waals surface area contributed by atoms with Crippen molar-refractivity contribution in [3.8, 4) is 11.4 Å². The fourth-order valence-electron chi connectivity index (χ4n) is 4.37. The summed E-state index contributed by atoms with van der Waals surface area (Å²) in [4.78, 5) is 15.2. The molecule has 182 valence electrons. The molecule has 12 heteroatoms. The van der Waals surface area contributed by atoms with Gasteiger partial charge in [0.1, 0.15) is 11.9 Å². The Kier molecular flexibility index (Phi) is 5.02. The summed E-state index contributed by atoms with van der Waals surface area (Å²) < 4.78 is 63.5. The monoisotopic (exact) mass is 487 g/mol. The van der Waals surface area contributed by atoms with E-state index in [2.05, 4.69) is 20.1 Å². The van der Waals surface area contributed by atoms with Crippen molar-refractivity contribution in [2.45, 2.75) is 44.2 Å². The number of hydrogen-bond acceptors (Lipinski definition) is 6. The summed E-state index contributed by atoms with van der Waals surface area (Å²) in [6.45, 7) is 2.86. The van der Waals surface area contributed by atoms with Crippen LogP contribution in [0.3, 0.4) is 0 Å². The third kappa shape index (κ3) is 4.11. The van der Waals surface area contributed by atoms with Crippen LogP contribution < -0.4 is 4.90 Å². The Morgan fingerprint density at radius 1 is 1.11 bits per heavy atom. The molecule has 4 heterocycles. The highest BCUT2D eigenvalue weighted by Crippen LogP contribution is 2.36. The van der Waals surface area contributed by atoms with Crippen molar-refractivity contribution in [2.24, 2.45) is 0 Å². The Morgan fingerprint density at radius 2 is 1.94 bits per heavy atom. The second-order valence-corrected chi connectivity index (χ2v) is 8.96. The van der Waals surface area contributed by atoms with E-state index in [0.29, 0.717) is 31.1 Å². The van der Waals surface area contributed by atoms with Crippen LogP contribution in [0, 0.1) is 5.82 Å². The van der Waals surface area contributed by atoms with Gasteiger partial charge in [-0.15, -0.1) is 0 Å². The van der Waals surface area contributed by atoms with Gasteiger partial charge in [-0.3, -0.25) is 9.08 Å². The molecule has 0 spiro atoms. The fourth-order valence-corrected chi connectivity index (χ4v) is 4.37. The summed E-state index contributed by atoms with van der Waals surface area (Å²) in [5.74, 6) is -0.347. The van der Waals surface area contributed by atoms with Gasteiger partial charge in [0.25, 0.3) is 0 Å². The summed E-state index contributed by atoms with van der Waals surface area (Å²) in [7, 11) is 0. The van der Waals surface area contributed by atoms with E-state index in [9.17, 15) is 17.6 Å². The molecule has 1 aliphatic carbocycles. The van der Waals surface area contributed by atoms with E-state index in [1.165, 1.54) is 10.6 Å². The van der Waals surface area contributed by atoms with Crippen molar-refractivity contribution >= 4 is 11.7 Å². The summed E-state index contributed by atoms with van der Waals surface area (Å²) in [6.07, 6.45) is 4.01. The molecule has 3 aromatic heterocycles. The van der Waals surface area contributed by atoms with Crippen LogP contribution >= 0.6 is 0 Å². The molecule has 8 nitrogen and oxygen atoms in total. The van der Waals surface area contributed by atoms with E-state index >= 15 is 0 Å². The Balaban J connectivity index is 1.36. The number of hydrogen-bond donors (Lipinski definition) is 0. The van der Waals surface area contributed by atoms with Crippen LogP contribution in [0.5, 0.6) is 0 Å². The van der Waals surface area contributed by atoms with Gasteiger partial charge in [-0.05, 0) is 38.0 Å². The molecule has 1 aromatic carbocycles. The maximum Gasteiger partial charge on any atom is 0.416 e. The smallest absolute Gasteiger partial charge is 0.367 e. The molecule has 35 heavy (non-hydrogen) atoms. The highest BCUT2D eigenvalue weighted by atomic mass is 19.4. The van der Waals surface area contributed by atoms with Gasteiger partial charge >= 0.3 is 6.18 Å². The standard InChI is InChI=1S/C23H21F4N7O/c1-13-10-32(12-19(35-13)14-9-29-34(11-14)16-3-4-16)22-30-20(33-7-6-28-21(33)31-22)17-5-2-15(8-18(17)24)23(25,26)27/h2,5-9,11,13,16,19H,3-4,10,12H2,1H3. The first-order chi connectivity index (χ1) is 16.8. The van der Waals surface area contributed by atoms with Gasteiger partial charge in [0, 0.05) is 30.7 Å². The van der Waals surface area contributed by atoms with Crippen LogP contribution in [0.1, 0.15) is 43.0 Å². The van der Waals surface area contributed by atoms with Crippen LogP contribution in [0.25, 0.3) is 17.2 Å². The maximum absolute atomic E-state index is 14.9. The first kappa shape index (κ1) is 22.0. The normalized spacial score (nSPS) is 21.1. The molecule has 2 fully saturated rings. The van der Waals surface area contributed by atoms with Crippen LogP contribution in [-0.2, 0) is 10.9 Å². The van der Waals surface area contributed by atoms with Crippen molar-refractivity contribution in [3.05, 3.63) is 59.9 Å². The number of anilines is 1. The molecule has 0 amide bonds. The number of morpholine rings is 1. The van der Waals surface area contributed by atoms with Gasteiger partial charge in [0.2, 0.25) is 11.7 Å². The average molecular weight is 487 g/mol. The molecule has 2 unspecified atom stereocenters. The van der Waals surface area contributed by atoms with Gasteiger partial charge in [-0.25, -0.2) is 9.37 Å². The van der Waals surface area contributed by atoms with E-state index in [4.69, 9.17) is 4.74 Å². The number of halogens is 4. The SMILES string of the molecule is CC1CN(c2nc(-c3ccc(C(F)(F)F)cc3F)n3ccnc3n2)CC(c2cnn(C3CC3)c2)O1. The number of nitrogens with zero attached hydrogens (tertiary/aromatic N) is 7. The van der Waals surface area contributed by atoms with E-state index in [-0.39, 0.29) is 29.4 Å². The third-order valence-electron chi connectivity index (χ3n) is 6.25. The maximum atomic E-state index is 14.9. The van der Waals surface area contributed by atoms with Crippen molar-refractivity contribution < 1.29 is 22.3 Å². The molecule has 1 saturated carbocycles. The molecule has 2 atom stereocenters. The summed E-state index contributed by atoms with van der Waals surface area (Å²) >= 11 is 0. The summed E-state index contributed by atoms with van der Waals surface area (Å²) in [5, 5.41) is 4.45. The zero-order chi connectivity index (χ0) is 24.3. The Bertz CT molecular complexity index is 1390. The molecular weight excluding hydrogens is 466 g/mol. The third-order valence-corrected chi connectivity index (χ3v) is 6.25. The lowest BCUT2D eigenvalue weighted by Gasteiger charge is -2.36.